The van der Waals surface area contributed by atoms with Crippen LogP contribution in [0, 0.1) is 0 Å². The van der Waals surface area contributed by atoms with Crippen LogP contribution in [-0.4, -0.2) is 21.3 Å². The minimum absolute atomic E-state index is 0.0431. The van der Waals surface area contributed by atoms with Gasteiger partial charge in [0.05, 0.1) is 0 Å². The molecule has 0 spiro atoms. The van der Waals surface area contributed by atoms with Crippen LogP contribution in [0.1, 0.15) is 48.3 Å². The Hall–Kier alpha value is -0.0800. The highest BCUT2D eigenvalue weighted by molar-refractivity contribution is 4.91. The van der Waals surface area contributed by atoms with Crippen LogP contribution in [0.25, 0.3) is 0 Å². The fraction of sp³-hybridized carbons (Fsp3) is 1.00. The van der Waals surface area contributed by atoms with Crippen molar-refractivity contribution in [2.24, 2.45) is 0 Å². The Bertz CT molecular complexity index is 161. The molecule has 0 unspecified atom stereocenters. The second kappa shape index (κ2) is 2.46. The number of hydroxylamine groups is 2. The molecule has 0 bridgehead atoms. The third kappa shape index (κ3) is 1.57. The predicted molar refractivity (Wildman–Crippen MR) is 45.6 cm³/mol. The molecule has 11 heavy (non-hydrogen) atoms. The van der Waals surface area contributed by atoms with Crippen molar-refractivity contribution in [2.75, 3.05) is 0 Å². The van der Waals surface area contributed by atoms with E-state index in [0.717, 1.165) is 12.8 Å². The highest BCUT2D eigenvalue weighted by Crippen LogP contribution is 2.35. The van der Waals surface area contributed by atoms with Crippen LogP contribution in [0.5, 0.6) is 0 Å². The van der Waals surface area contributed by atoms with Gasteiger partial charge in [-0.05, 0) is 46.9 Å². The molecule has 0 amide bonds. The molecule has 1 heterocycles. The molecule has 0 saturated carbocycles. The van der Waals surface area contributed by atoms with Crippen molar-refractivity contribution in [2.45, 2.75) is 58.0 Å². The van der Waals surface area contributed by atoms with Gasteiger partial charge in [-0.2, -0.15) is 5.06 Å². The smallest absolute Gasteiger partial charge is 0.0410 e. The van der Waals surface area contributed by atoms with E-state index < -0.39 is 0 Å². The average Bonchev–Trinajstić information content (AvgIpc) is 1.80. The first-order valence-corrected chi connectivity index (χ1v) is 4.17. The molecule has 2 heteroatoms. The summed E-state index contributed by atoms with van der Waals surface area (Å²) in [7, 11) is 0. The highest BCUT2D eigenvalue weighted by atomic mass is 16.5. The molecule has 0 aromatic heterocycles. The van der Waals surface area contributed by atoms with Crippen molar-refractivity contribution in [1.82, 2.24) is 5.06 Å². The van der Waals surface area contributed by atoms with Crippen LogP contribution in [0.4, 0.5) is 0 Å². The number of rotatable bonds is 0. The molecule has 0 atom stereocenters. The van der Waals surface area contributed by atoms with Gasteiger partial charge in [0.15, 0.2) is 0 Å². The fourth-order valence-electron chi connectivity index (χ4n) is 1.77. The number of hydrogen-bond acceptors (Lipinski definition) is 2. The standard InChI is InChI=1S/C9H19NO/c1-8(2)6-5-7-9(3,4)10(8)11/h11H,5-7H2,1-4H3/i5D. The summed E-state index contributed by atoms with van der Waals surface area (Å²) in [6.07, 6.45) is 1.44. The minimum Gasteiger partial charge on any atom is -0.313 e. The largest absolute Gasteiger partial charge is 0.313 e. The van der Waals surface area contributed by atoms with Gasteiger partial charge in [0, 0.05) is 12.4 Å². The van der Waals surface area contributed by atoms with Gasteiger partial charge in [0.25, 0.3) is 0 Å². The Balaban J connectivity index is 2.84. The molecule has 1 rings (SSSR count). The summed E-state index contributed by atoms with van der Waals surface area (Å²) in [6, 6.07) is 0. The molecule has 1 N–H and O–H groups in total. The zero-order chi connectivity index (χ0) is 9.57. The first-order chi connectivity index (χ1) is 5.26. The molecule has 1 aliphatic rings. The quantitative estimate of drug-likeness (QED) is 0.585. The maximum absolute atomic E-state index is 9.83. The molecule has 0 radical (unpaired) electrons. The van der Waals surface area contributed by atoms with Crippen molar-refractivity contribution in [1.29, 1.82) is 0 Å². The van der Waals surface area contributed by atoms with Crippen LogP contribution in [0.3, 0.4) is 0 Å². The minimum atomic E-state index is -0.256. The summed E-state index contributed by atoms with van der Waals surface area (Å²) >= 11 is 0. The molecule has 0 aliphatic carbocycles. The molecule has 66 valence electrons. The third-order valence-electron chi connectivity index (χ3n) is 2.43. The molecular formula is C9H19NO. The molecule has 0 aromatic carbocycles. The van der Waals surface area contributed by atoms with Gasteiger partial charge in [-0.3, -0.25) is 0 Å². The van der Waals surface area contributed by atoms with E-state index >= 15 is 0 Å². The normalized spacial score (nSPS) is 33.4. The zero-order valence-electron chi connectivity index (χ0n) is 8.89. The lowest BCUT2D eigenvalue weighted by Gasteiger charge is -2.48. The van der Waals surface area contributed by atoms with E-state index in [9.17, 15) is 5.21 Å². The number of nitrogens with zero attached hydrogens (tertiary/aromatic N) is 1. The van der Waals surface area contributed by atoms with Crippen LogP contribution < -0.4 is 0 Å². The van der Waals surface area contributed by atoms with Crippen molar-refractivity contribution in [3.63, 3.8) is 0 Å². The number of piperidine rings is 1. The molecule has 0 aromatic rings. The molecule has 1 saturated heterocycles. The van der Waals surface area contributed by atoms with Crippen molar-refractivity contribution in [3.05, 3.63) is 0 Å². The van der Waals surface area contributed by atoms with Crippen LogP contribution in [0.15, 0.2) is 0 Å². The monoisotopic (exact) mass is 158 g/mol. The van der Waals surface area contributed by atoms with Gasteiger partial charge in [0.1, 0.15) is 0 Å². The topological polar surface area (TPSA) is 23.5 Å². The van der Waals surface area contributed by atoms with Gasteiger partial charge in [-0.15, -0.1) is 0 Å². The maximum atomic E-state index is 9.83. The lowest BCUT2D eigenvalue weighted by atomic mass is 9.82. The highest BCUT2D eigenvalue weighted by Gasteiger charge is 2.40. The summed E-state index contributed by atoms with van der Waals surface area (Å²) in [5.74, 6) is 0. The van der Waals surface area contributed by atoms with Gasteiger partial charge >= 0.3 is 0 Å². The maximum Gasteiger partial charge on any atom is 0.0410 e. The first kappa shape index (κ1) is 7.56. The number of hydrogen-bond donors (Lipinski definition) is 1. The van der Waals surface area contributed by atoms with Crippen molar-refractivity contribution in [3.8, 4) is 0 Å². The Morgan fingerprint density at radius 2 is 1.55 bits per heavy atom. The second-order valence-corrected chi connectivity index (χ2v) is 4.63. The van der Waals surface area contributed by atoms with Crippen molar-refractivity contribution >= 4 is 0 Å². The van der Waals surface area contributed by atoms with E-state index in [1.807, 2.05) is 27.7 Å². The second-order valence-electron chi connectivity index (χ2n) is 4.63. The van der Waals surface area contributed by atoms with Gasteiger partial charge in [-0.25, -0.2) is 0 Å². The summed E-state index contributed by atoms with van der Waals surface area (Å²) in [5, 5.41) is 11.2. The first-order valence-electron chi connectivity index (χ1n) is 4.75. The fourth-order valence-corrected chi connectivity index (χ4v) is 1.77. The zero-order valence-corrected chi connectivity index (χ0v) is 7.89. The van der Waals surface area contributed by atoms with E-state index in [1.54, 1.807) is 0 Å². The lowest BCUT2D eigenvalue weighted by molar-refractivity contribution is -0.241. The van der Waals surface area contributed by atoms with Gasteiger partial charge < -0.3 is 5.21 Å². The van der Waals surface area contributed by atoms with E-state index in [-0.39, 0.29) is 17.5 Å². The molecular weight excluding hydrogens is 138 g/mol. The SMILES string of the molecule is [2H]C1CC(C)(C)N(O)C(C)(C)C1. The van der Waals surface area contributed by atoms with Crippen molar-refractivity contribution < 1.29 is 6.58 Å². The average molecular weight is 158 g/mol. The van der Waals surface area contributed by atoms with Gasteiger partial charge in [-0.1, -0.05) is 0 Å². The van der Waals surface area contributed by atoms with Crippen LogP contribution in [0.2, 0.25) is 0 Å². The van der Waals surface area contributed by atoms with E-state index in [1.165, 1.54) is 5.06 Å². The summed E-state index contributed by atoms with van der Waals surface area (Å²) in [5.41, 5.74) is -0.512. The predicted octanol–water partition coefficient (Wildman–Crippen LogP) is 2.42. The molecule has 1 aliphatic heterocycles. The Labute approximate surface area is 70.6 Å². The Morgan fingerprint density at radius 1 is 1.18 bits per heavy atom. The van der Waals surface area contributed by atoms with Crippen LogP contribution in [-0.2, 0) is 0 Å². The summed E-state index contributed by atoms with van der Waals surface area (Å²) in [6.45, 7) is 7.93. The lowest BCUT2D eigenvalue weighted by Crippen LogP contribution is -2.56. The molecule has 1 fully saturated rings. The summed E-state index contributed by atoms with van der Waals surface area (Å²) in [4.78, 5) is 0. The van der Waals surface area contributed by atoms with E-state index in [0.29, 0.717) is 0 Å². The Kier molecular flexibility index (Phi) is 1.69. The van der Waals surface area contributed by atoms with Gasteiger partial charge in [0.2, 0.25) is 0 Å². The van der Waals surface area contributed by atoms with E-state index in [2.05, 4.69) is 0 Å². The van der Waals surface area contributed by atoms with E-state index in [4.69, 9.17) is 1.37 Å². The summed E-state index contributed by atoms with van der Waals surface area (Å²) < 4.78 is 7.74. The molecule has 2 nitrogen and oxygen atoms in total. The Morgan fingerprint density at radius 3 is 1.91 bits per heavy atom. The third-order valence-corrected chi connectivity index (χ3v) is 2.43. The van der Waals surface area contributed by atoms with Crippen LogP contribution >= 0.6 is 0 Å².